The van der Waals surface area contributed by atoms with Crippen LogP contribution < -0.4 is 10.7 Å². The standard InChI is InChI=1S/C27H25NO6S/c1-15-23(27(31)33-10-9-32-2)24(18-14-34-21-7-4-3-6-17(21)26(18)30)25-19(28-15)12-16(13-20(25)29)22-8-5-11-35-22/h3-8,11,14,16,24,28H,9-10,12-13H2,1-2H3/t16-,24+/m1/s1. The van der Waals surface area contributed by atoms with Crippen molar-refractivity contribution < 1.29 is 23.5 Å². The van der Waals surface area contributed by atoms with Crippen LogP contribution in [0.15, 0.2) is 79.8 Å². The van der Waals surface area contributed by atoms with E-state index in [4.69, 9.17) is 13.9 Å². The van der Waals surface area contributed by atoms with Gasteiger partial charge in [-0.1, -0.05) is 18.2 Å². The number of dihydropyridines is 1. The first-order chi connectivity index (χ1) is 17.0. The maximum absolute atomic E-state index is 13.6. The molecule has 0 amide bonds. The molecule has 1 aromatic carbocycles. The molecule has 2 aliphatic rings. The summed E-state index contributed by atoms with van der Waals surface area (Å²) in [6.45, 7) is 2.07. The fourth-order valence-corrected chi connectivity index (χ4v) is 5.76. The van der Waals surface area contributed by atoms with Crippen LogP contribution in [-0.4, -0.2) is 32.1 Å². The molecule has 0 saturated carbocycles. The quantitative estimate of drug-likeness (QED) is 0.403. The van der Waals surface area contributed by atoms with Crippen molar-refractivity contribution in [2.45, 2.75) is 31.6 Å². The number of carbonyl (C=O) groups is 2. The molecule has 7 nitrogen and oxygen atoms in total. The van der Waals surface area contributed by atoms with Gasteiger partial charge in [-0.05, 0) is 36.9 Å². The first-order valence-corrected chi connectivity index (χ1v) is 12.3. The Morgan fingerprint density at radius 3 is 2.74 bits per heavy atom. The van der Waals surface area contributed by atoms with E-state index in [1.165, 1.54) is 13.4 Å². The molecule has 0 unspecified atom stereocenters. The number of esters is 1. The number of Topliss-reactive ketones (excluding diaryl/α,β-unsaturated/α-hetero) is 1. The number of rotatable bonds is 6. The second-order valence-electron chi connectivity index (χ2n) is 8.68. The zero-order chi connectivity index (χ0) is 24.5. The van der Waals surface area contributed by atoms with Crippen molar-refractivity contribution in [3.8, 4) is 0 Å². The molecule has 2 aromatic heterocycles. The number of hydrogen-bond acceptors (Lipinski definition) is 8. The largest absolute Gasteiger partial charge is 0.464 e. The number of ether oxygens (including phenoxy) is 2. The number of allylic oxidation sites excluding steroid dienone is 3. The number of para-hydroxylation sites is 1. The van der Waals surface area contributed by atoms with Crippen molar-refractivity contribution in [1.29, 1.82) is 0 Å². The van der Waals surface area contributed by atoms with E-state index in [-0.39, 0.29) is 41.5 Å². The van der Waals surface area contributed by atoms with Crippen LogP contribution in [0.4, 0.5) is 0 Å². The summed E-state index contributed by atoms with van der Waals surface area (Å²) in [4.78, 5) is 41.6. The molecule has 0 bridgehead atoms. The van der Waals surface area contributed by atoms with Crippen LogP contribution in [0.2, 0.25) is 0 Å². The summed E-state index contributed by atoms with van der Waals surface area (Å²) >= 11 is 1.62. The van der Waals surface area contributed by atoms with Gasteiger partial charge in [0.05, 0.1) is 29.7 Å². The Morgan fingerprint density at radius 2 is 1.97 bits per heavy atom. The highest BCUT2D eigenvalue weighted by molar-refractivity contribution is 7.10. The van der Waals surface area contributed by atoms with E-state index in [0.717, 1.165) is 10.6 Å². The molecule has 180 valence electrons. The maximum Gasteiger partial charge on any atom is 0.336 e. The van der Waals surface area contributed by atoms with Crippen molar-refractivity contribution in [3.05, 3.63) is 91.2 Å². The van der Waals surface area contributed by atoms with Gasteiger partial charge in [-0.2, -0.15) is 0 Å². The van der Waals surface area contributed by atoms with Gasteiger partial charge in [0.1, 0.15) is 12.2 Å². The van der Waals surface area contributed by atoms with Crippen LogP contribution in [0, 0.1) is 0 Å². The number of nitrogens with one attached hydrogen (secondary N) is 1. The Bertz CT molecular complexity index is 1410. The molecule has 8 heteroatoms. The van der Waals surface area contributed by atoms with Crippen molar-refractivity contribution >= 4 is 34.1 Å². The summed E-state index contributed by atoms with van der Waals surface area (Å²) < 4.78 is 16.2. The lowest BCUT2D eigenvalue weighted by atomic mass is 9.73. The highest BCUT2D eigenvalue weighted by Gasteiger charge is 2.43. The third-order valence-electron chi connectivity index (χ3n) is 6.53. The summed E-state index contributed by atoms with van der Waals surface area (Å²) in [6.07, 6.45) is 2.29. The Balaban J connectivity index is 1.64. The normalized spacial score (nSPS) is 20.1. The van der Waals surface area contributed by atoms with Crippen molar-refractivity contribution in [2.24, 2.45) is 0 Å². The lowest BCUT2D eigenvalue weighted by Gasteiger charge is -2.36. The van der Waals surface area contributed by atoms with Gasteiger partial charge in [0.2, 0.25) is 0 Å². The molecule has 2 atom stereocenters. The third kappa shape index (κ3) is 4.24. The predicted octanol–water partition coefficient (Wildman–Crippen LogP) is 4.41. The minimum Gasteiger partial charge on any atom is -0.464 e. The van der Waals surface area contributed by atoms with E-state index < -0.39 is 11.9 Å². The average Bonchev–Trinajstić information content (AvgIpc) is 3.39. The summed E-state index contributed by atoms with van der Waals surface area (Å²) in [5, 5.41) is 5.70. The van der Waals surface area contributed by atoms with Crippen LogP contribution in [0.5, 0.6) is 0 Å². The number of ketones is 1. The summed E-state index contributed by atoms with van der Waals surface area (Å²) in [7, 11) is 1.52. The molecular weight excluding hydrogens is 466 g/mol. The molecule has 0 spiro atoms. The molecule has 35 heavy (non-hydrogen) atoms. The molecule has 3 aromatic rings. The highest BCUT2D eigenvalue weighted by atomic mass is 32.1. The van der Waals surface area contributed by atoms with Gasteiger partial charge in [-0.25, -0.2) is 4.79 Å². The number of thiophene rings is 1. The van der Waals surface area contributed by atoms with Gasteiger partial charge in [0, 0.05) is 46.9 Å². The minimum absolute atomic E-state index is 0.0467. The first-order valence-electron chi connectivity index (χ1n) is 11.4. The molecule has 3 heterocycles. The van der Waals surface area contributed by atoms with Gasteiger partial charge in [0.25, 0.3) is 0 Å². The summed E-state index contributed by atoms with van der Waals surface area (Å²) in [5.41, 5.74) is 2.40. The Labute approximate surface area is 206 Å². The number of methoxy groups -OCH3 is 1. The molecule has 1 N–H and O–H groups in total. The van der Waals surface area contributed by atoms with Gasteiger partial charge in [0.15, 0.2) is 11.2 Å². The van der Waals surface area contributed by atoms with E-state index in [0.29, 0.717) is 35.1 Å². The summed E-state index contributed by atoms with van der Waals surface area (Å²) in [6, 6.07) is 11.0. The van der Waals surface area contributed by atoms with Gasteiger partial charge in [-0.3, -0.25) is 9.59 Å². The maximum atomic E-state index is 13.6. The Morgan fingerprint density at radius 1 is 1.14 bits per heavy atom. The molecule has 0 fully saturated rings. The zero-order valence-corrected chi connectivity index (χ0v) is 20.3. The predicted molar refractivity (Wildman–Crippen MR) is 132 cm³/mol. The molecule has 0 saturated heterocycles. The lowest BCUT2D eigenvalue weighted by molar-refractivity contribution is -0.140. The van der Waals surface area contributed by atoms with Crippen LogP contribution >= 0.6 is 11.3 Å². The fraction of sp³-hybridized carbons (Fsp3) is 0.296. The van der Waals surface area contributed by atoms with Crippen LogP contribution in [0.3, 0.4) is 0 Å². The van der Waals surface area contributed by atoms with Crippen LogP contribution in [0.1, 0.15) is 42.0 Å². The molecule has 1 aliphatic heterocycles. The topological polar surface area (TPSA) is 94.8 Å². The van der Waals surface area contributed by atoms with Crippen LogP contribution in [0.25, 0.3) is 11.0 Å². The number of fused-ring (bicyclic) bond motifs is 1. The monoisotopic (exact) mass is 491 g/mol. The van der Waals surface area contributed by atoms with Gasteiger partial charge in [-0.15, -0.1) is 11.3 Å². The van der Waals surface area contributed by atoms with E-state index in [1.54, 1.807) is 42.5 Å². The van der Waals surface area contributed by atoms with Gasteiger partial charge < -0.3 is 19.2 Å². The second-order valence-corrected chi connectivity index (χ2v) is 9.66. The SMILES string of the molecule is COCCOC(=O)C1=C(C)NC2=C(C(=O)C[C@H](c3cccs3)C2)[C@H]1c1coc2ccccc2c1=O. The Kier molecular flexibility index (Phi) is 6.40. The van der Waals surface area contributed by atoms with Crippen molar-refractivity contribution in [3.63, 3.8) is 0 Å². The average molecular weight is 492 g/mol. The number of carbonyl (C=O) groups excluding carboxylic acids is 2. The van der Waals surface area contributed by atoms with E-state index in [2.05, 4.69) is 5.32 Å². The molecule has 5 rings (SSSR count). The van der Waals surface area contributed by atoms with E-state index in [1.807, 2.05) is 17.5 Å². The minimum atomic E-state index is -0.876. The molecule has 0 radical (unpaired) electrons. The fourth-order valence-electron chi connectivity index (χ4n) is 4.93. The number of benzene rings is 1. The Hall–Kier alpha value is -3.49. The highest BCUT2D eigenvalue weighted by Crippen LogP contribution is 2.45. The van der Waals surface area contributed by atoms with Crippen molar-refractivity contribution in [1.82, 2.24) is 5.32 Å². The summed E-state index contributed by atoms with van der Waals surface area (Å²) in [5.74, 6) is -1.52. The van der Waals surface area contributed by atoms with Crippen LogP contribution in [-0.2, 0) is 19.1 Å². The second kappa shape index (κ2) is 9.64. The van der Waals surface area contributed by atoms with E-state index >= 15 is 0 Å². The van der Waals surface area contributed by atoms with Gasteiger partial charge >= 0.3 is 5.97 Å². The smallest absolute Gasteiger partial charge is 0.336 e. The first kappa shape index (κ1) is 23.3. The third-order valence-corrected chi connectivity index (χ3v) is 7.57. The molecule has 1 aliphatic carbocycles. The van der Waals surface area contributed by atoms with E-state index in [9.17, 15) is 14.4 Å². The lowest BCUT2D eigenvalue weighted by Crippen LogP contribution is -2.37. The molecular formula is C27H25NO6S. The zero-order valence-electron chi connectivity index (χ0n) is 19.5. The van der Waals surface area contributed by atoms with Crippen molar-refractivity contribution in [2.75, 3.05) is 20.3 Å². The number of hydrogen-bond donors (Lipinski definition) is 1.